The maximum atomic E-state index is 6.26. The molecule has 5 heteroatoms. The van der Waals surface area contributed by atoms with Gasteiger partial charge in [-0.05, 0) is 77.9 Å². The SMILES string of the molecule is Cc1ccc(N(c2ccc(C)cc2)c2ccc(B3OC(C)(C)C(C)(C)O3)s2)cc1. The number of thiophene rings is 1. The summed E-state index contributed by atoms with van der Waals surface area (Å²) in [6, 6.07) is 21.6. The molecule has 150 valence electrons. The van der Waals surface area contributed by atoms with Crippen LogP contribution in [0.2, 0.25) is 0 Å². The zero-order valence-corrected chi connectivity index (χ0v) is 18.8. The highest BCUT2D eigenvalue weighted by atomic mass is 32.1. The van der Waals surface area contributed by atoms with Crippen LogP contribution in [0.25, 0.3) is 0 Å². The van der Waals surface area contributed by atoms with Crippen LogP contribution in [0.3, 0.4) is 0 Å². The lowest BCUT2D eigenvalue weighted by molar-refractivity contribution is 0.00578. The van der Waals surface area contributed by atoms with Crippen molar-refractivity contribution in [1.29, 1.82) is 0 Å². The van der Waals surface area contributed by atoms with Gasteiger partial charge in [0.15, 0.2) is 0 Å². The quantitative estimate of drug-likeness (QED) is 0.487. The maximum absolute atomic E-state index is 6.26. The molecular formula is C24H28BNO2S. The third-order valence-electron chi connectivity index (χ3n) is 5.90. The molecule has 0 bridgehead atoms. The second-order valence-electron chi connectivity index (χ2n) is 8.77. The normalized spacial score (nSPS) is 17.5. The number of benzene rings is 2. The molecule has 29 heavy (non-hydrogen) atoms. The third kappa shape index (κ3) is 3.87. The van der Waals surface area contributed by atoms with Crippen molar-refractivity contribution in [1.82, 2.24) is 0 Å². The largest absolute Gasteiger partial charge is 0.505 e. The van der Waals surface area contributed by atoms with Crippen molar-refractivity contribution in [2.45, 2.75) is 52.7 Å². The van der Waals surface area contributed by atoms with Crippen LogP contribution in [0.1, 0.15) is 38.8 Å². The van der Waals surface area contributed by atoms with Crippen molar-refractivity contribution in [3.63, 3.8) is 0 Å². The van der Waals surface area contributed by atoms with E-state index in [4.69, 9.17) is 9.31 Å². The number of nitrogens with zero attached hydrogens (tertiary/aromatic N) is 1. The number of rotatable bonds is 4. The highest BCUT2D eigenvalue weighted by molar-refractivity contribution is 7.25. The Hall–Kier alpha value is -2.08. The Morgan fingerprint density at radius 2 is 1.14 bits per heavy atom. The summed E-state index contributed by atoms with van der Waals surface area (Å²) in [5, 5.41) is 1.14. The van der Waals surface area contributed by atoms with Gasteiger partial charge in [-0.15, -0.1) is 11.3 Å². The molecule has 3 aromatic rings. The first kappa shape index (κ1) is 20.2. The minimum Gasteiger partial charge on any atom is -0.399 e. The minimum absolute atomic E-state index is 0.336. The molecule has 0 atom stereocenters. The van der Waals surface area contributed by atoms with Gasteiger partial charge in [0.1, 0.15) is 0 Å². The summed E-state index contributed by atoms with van der Waals surface area (Å²) < 4.78 is 13.6. The fourth-order valence-corrected chi connectivity index (χ4v) is 4.35. The Morgan fingerprint density at radius 1 is 0.690 bits per heavy atom. The van der Waals surface area contributed by atoms with Gasteiger partial charge < -0.3 is 14.2 Å². The van der Waals surface area contributed by atoms with Crippen molar-refractivity contribution in [3.05, 3.63) is 71.8 Å². The van der Waals surface area contributed by atoms with Crippen LogP contribution in [0.15, 0.2) is 60.7 Å². The molecule has 4 rings (SSSR count). The fourth-order valence-electron chi connectivity index (χ4n) is 3.34. The molecule has 3 nitrogen and oxygen atoms in total. The third-order valence-corrected chi connectivity index (χ3v) is 6.99. The van der Waals surface area contributed by atoms with Gasteiger partial charge in [0.25, 0.3) is 0 Å². The first-order valence-electron chi connectivity index (χ1n) is 10.1. The lowest BCUT2D eigenvalue weighted by Crippen LogP contribution is -2.41. The summed E-state index contributed by atoms with van der Waals surface area (Å²) in [5.74, 6) is 0. The molecule has 0 N–H and O–H groups in total. The summed E-state index contributed by atoms with van der Waals surface area (Å²) >= 11 is 1.71. The first-order chi connectivity index (χ1) is 13.7. The van der Waals surface area contributed by atoms with Crippen LogP contribution < -0.4 is 9.68 Å². The van der Waals surface area contributed by atoms with Gasteiger partial charge in [0.2, 0.25) is 0 Å². The molecule has 0 amide bonds. The topological polar surface area (TPSA) is 21.7 Å². The molecule has 0 saturated carbocycles. The van der Waals surface area contributed by atoms with Crippen LogP contribution in [-0.2, 0) is 9.31 Å². The van der Waals surface area contributed by atoms with Crippen LogP contribution in [-0.4, -0.2) is 18.3 Å². The van der Waals surface area contributed by atoms with Crippen molar-refractivity contribution in [2.24, 2.45) is 0 Å². The van der Waals surface area contributed by atoms with E-state index < -0.39 is 0 Å². The van der Waals surface area contributed by atoms with E-state index in [2.05, 4.69) is 107 Å². The molecule has 0 aliphatic carbocycles. The van der Waals surface area contributed by atoms with Crippen LogP contribution in [0.5, 0.6) is 0 Å². The van der Waals surface area contributed by atoms with E-state index in [1.54, 1.807) is 11.3 Å². The molecule has 1 fully saturated rings. The zero-order valence-electron chi connectivity index (χ0n) is 18.0. The predicted molar refractivity (Wildman–Crippen MR) is 124 cm³/mol. The van der Waals surface area contributed by atoms with Gasteiger partial charge in [-0.3, -0.25) is 0 Å². The summed E-state index contributed by atoms with van der Waals surface area (Å²) in [5.41, 5.74) is 4.11. The van der Waals surface area contributed by atoms with E-state index >= 15 is 0 Å². The van der Waals surface area contributed by atoms with Gasteiger partial charge in [-0.2, -0.15) is 0 Å². The van der Waals surface area contributed by atoms with Crippen molar-refractivity contribution >= 4 is 39.6 Å². The lowest BCUT2D eigenvalue weighted by Gasteiger charge is -2.32. The smallest absolute Gasteiger partial charge is 0.399 e. The first-order valence-corrected chi connectivity index (χ1v) is 10.9. The van der Waals surface area contributed by atoms with Gasteiger partial charge in [0.05, 0.1) is 16.2 Å². The van der Waals surface area contributed by atoms with Gasteiger partial charge >= 0.3 is 7.12 Å². The Morgan fingerprint density at radius 3 is 1.59 bits per heavy atom. The standard InChI is InChI=1S/C24H28BNO2S/c1-17-7-11-19(12-8-17)26(20-13-9-18(2)10-14-20)22-16-15-21(29-22)25-27-23(3,4)24(5,6)28-25/h7-16H,1-6H3. The highest BCUT2D eigenvalue weighted by Gasteiger charge is 2.52. The molecule has 0 radical (unpaired) electrons. The second kappa shape index (κ2) is 7.31. The number of aryl methyl sites for hydroxylation is 2. The van der Waals surface area contributed by atoms with E-state index in [9.17, 15) is 0 Å². The van der Waals surface area contributed by atoms with E-state index in [1.165, 1.54) is 11.1 Å². The van der Waals surface area contributed by atoms with Gasteiger partial charge in [0, 0.05) is 16.2 Å². The number of anilines is 3. The van der Waals surface area contributed by atoms with Crippen molar-refractivity contribution < 1.29 is 9.31 Å². The molecule has 0 spiro atoms. The molecule has 2 heterocycles. The average molecular weight is 405 g/mol. The summed E-state index contributed by atoms with van der Waals surface area (Å²) in [4.78, 5) is 2.29. The monoisotopic (exact) mass is 405 g/mol. The lowest BCUT2D eigenvalue weighted by atomic mass is 9.88. The zero-order chi connectivity index (χ0) is 20.8. The molecule has 1 saturated heterocycles. The fraction of sp³-hybridized carbons (Fsp3) is 0.333. The Labute approximate surface area is 178 Å². The highest BCUT2D eigenvalue weighted by Crippen LogP contribution is 2.40. The maximum Gasteiger partial charge on any atom is 0.505 e. The molecule has 1 aliphatic rings. The van der Waals surface area contributed by atoms with E-state index in [-0.39, 0.29) is 18.3 Å². The second-order valence-corrected chi connectivity index (χ2v) is 9.86. The van der Waals surface area contributed by atoms with E-state index in [1.807, 2.05) is 0 Å². The molecule has 2 aromatic carbocycles. The molecule has 0 unspecified atom stereocenters. The minimum atomic E-state index is -0.338. The Balaban J connectivity index is 1.71. The summed E-state index contributed by atoms with van der Waals surface area (Å²) in [7, 11) is -0.336. The molecule has 1 aliphatic heterocycles. The Kier molecular flexibility index (Phi) is 5.10. The van der Waals surface area contributed by atoms with Gasteiger partial charge in [-0.25, -0.2) is 0 Å². The molecule has 1 aromatic heterocycles. The van der Waals surface area contributed by atoms with Crippen LogP contribution in [0, 0.1) is 13.8 Å². The molecular weight excluding hydrogens is 377 g/mol. The van der Waals surface area contributed by atoms with Crippen molar-refractivity contribution in [3.8, 4) is 0 Å². The Bertz CT molecular complexity index is 931. The average Bonchev–Trinajstić information content (AvgIpc) is 3.21. The summed E-state index contributed by atoms with van der Waals surface area (Å²) in [6.45, 7) is 12.6. The van der Waals surface area contributed by atoms with Crippen LogP contribution >= 0.6 is 11.3 Å². The van der Waals surface area contributed by atoms with E-state index in [0.717, 1.165) is 21.2 Å². The van der Waals surface area contributed by atoms with Crippen LogP contribution in [0.4, 0.5) is 16.4 Å². The number of hydrogen-bond acceptors (Lipinski definition) is 4. The summed E-state index contributed by atoms with van der Waals surface area (Å²) in [6.07, 6.45) is 0. The number of hydrogen-bond donors (Lipinski definition) is 0. The van der Waals surface area contributed by atoms with E-state index in [0.29, 0.717) is 0 Å². The van der Waals surface area contributed by atoms with Gasteiger partial charge in [-0.1, -0.05) is 35.4 Å². The van der Waals surface area contributed by atoms with Crippen molar-refractivity contribution in [2.75, 3.05) is 4.90 Å². The predicted octanol–water partition coefficient (Wildman–Crippen LogP) is 6.13.